The number of aryl methyl sites for hydroxylation is 1. The summed E-state index contributed by atoms with van der Waals surface area (Å²) in [6, 6.07) is 16.7. The monoisotopic (exact) mass is 379 g/mol. The molecule has 2 heterocycles. The molecule has 138 valence electrons. The zero-order valence-corrected chi connectivity index (χ0v) is 15.8. The van der Waals surface area contributed by atoms with Crippen molar-refractivity contribution >= 4 is 31.8 Å². The first-order chi connectivity index (χ1) is 13.1. The molecule has 4 rings (SSSR count). The summed E-state index contributed by atoms with van der Waals surface area (Å²) in [6.45, 7) is 0.815. The highest BCUT2D eigenvalue weighted by molar-refractivity contribution is 7.91. The van der Waals surface area contributed by atoms with Gasteiger partial charge in [-0.25, -0.2) is 13.4 Å². The van der Waals surface area contributed by atoms with E-state index in [0.29, 0.717) is 11.3 Å². The Kier molecular flexibility index (Phi) is 4.90. The van der Waals surface area contributed by atoms with E-state index >= 15 is 0 Å². The van der Waals surface area contributed by atoms with Gasteiger partial charge in [-0.05, 0) is 31.0 Å². The molecule has 27 heavy (non-hydrogen) atoms. The molecule has 0 aliphatic heterocycles. The molecular weight excluding hydrogens is 358 g/mol. The second kappa shape index (κ2) is 7.48. The number of sulfone groups is 1. The topological polar surface area (TPSA) is 64.8 Å². The fraction of sp³-hybridized carbons (Fsp3) is 0.238. The van der Waals surface area contributed by atoms with Crippen LogP contribution in [0.4, 0.5) is 0 Å². The van der Waals surface area contributed by atoms with Crippen LogP contribution in [0, 0.1) is 0 Å². The molecule has 5 nitrogen and oxygen atoms in total. The van der Waals surface area contributed by atoms with E-state index < -0.39 is 9.84 Å². The van der Waals surface area contributed by atoms with Crippen LogP contribution in [0.2, 0.25) is 0 Å². The zero-order chi connectivity index (χ0) is 18.7. The van der Waals surface area contributed by atoms with E-state index in [1.165, 1.54) is 0 Å². The Labute approximate surface area is 158 Å². The van der Waals surface area contributed by atoms with Gasteiger partial charge >= 0.3 is 0 Å². The second-order valence-corrected chi connectivity index (χ2v) is 8.75. The van der Waals surface area contributed by atoms with E-state index in [-0.39, 0.29) is 5.75 Å². The number of benzene rings is 2. The minimum atomic E-state index is -3.19. The third-order valence-electron chi connectivity index (χ3n) is 4.77. The molecule has 6 heteroatoms. The maximum atomic E-state index is 12.3. The number of aromatic nitrogens is 3. The Bertz CT molecular complexity index is 1170. The number of imidazole rings is 1. The van der Waals surface area contributed by atoms with Gasteiger partial charge in [-0.15, -0.1) is 0 Å². The van der Waals surface area contributed by atoms with E-state index in [2.05, 4.69) is 20.6 Å². The maximum Gasteiger partial charge on any atom is 0.178 e. The van der Waals surface area contributed by atoms with Gasteiger partial charge in [0.05, 0.1) is 34.2 Å². The highest BCUT2D eigenvalue weighted by atomic mass is 32.2. The Morgan fingerprint density at radius 1 is 0.815 bits per heavy atom. The highest BCUT2D eigenvalue weighted by Gasteiger charge is 2.13. The number of rotatable bonds is 7. The third-order valence-corrected chi connectivity index (χ3v) is 6.58. The van der Waals surface area contributed by atoms with Gasteiger partial charge in [-0.3, -0.25) is 4.98 Å². The first-order valence-electron chi connectivity index (χ1n) is 9.11. The molecule has 4 aromatic rings. The molecule has 0 saturated carbocycles. The van der Waals surface area contributed by atoms with Crippen molar-refractivity contribution in [2.24, 2.45) is 0 Å². The van der Waals surface area contributed by atoms with Crippen molar-refractivity contribution in [3.8, 4) is 0 Å². The smallest absolute Gasteiger partial charge is 0.178 e. The summed E-state index contributed by atoms with van der Waals surface area (Å²) in [5.41, 5.74) is 2.94. The van der Waals surface area contributed by atoms with Crippen LogP contribution in [0.25, 0.3) is 21.9 Å². The summed E-state index contributed by atoms with van der Waals surface area (Å²) in [5.74, 6) is 0.189. The van der Waals surface area contributed by atoms with Crippen LogP contribution in [0.15, 0.2) is 72.0 Å². The largest absolute Gasteiger partial charge is 0.330 e. The number of unbranched alkanes of at least 4 members (excludes halogenated alkanes) is 2. The first-order valence-corrected chi connectivity index (χ1v) is 10.8. The minimum Gasteiger partial charge on any atom is -0.330 e. The van der Waals surface area contributed by atoms with Crippen LogP contribution in [-0.2, 0) is 16.4 Å². The van der Waals surface area contributed by atoms with E-state index in [1.807, 2.05) is 30.6 Å². The first kappa shape index (κ1) is 17.7. The summed E-state index contributed by atoms with van der Waals surface area (Å²) in [7, 11) is -3.19. The van der Waals surface area contributed by atoms with Crippen molar-refractivity contribution < 1.29 is 8.42 Å². The van der Waals surface area contributed by atoms with Crippen LogP contribution in [-0.4, -0.2) is 28.7 Å². The fourth-order valence-corrected chi connectivity index (χ4v) is 4.76. The van der Waals surface area contributed by atoms with Crippen LogP contribution in [0.5, 0.6) is 0 Å². The standard InChI is InChI=1S/C21H21N3O2S/c25-27(26,17-9-3-1-4-10-17)14-8-2-7-13-24-16-23-20-15-22-19-12-6-5-11-18(19)21(20)24/h1,3-6,9-12,15-16H,2,7-8,13-14H2. The minimum absolute atomic E-state index is 0.189. The Morgan fingerprint density at radius 3 is 2.44 bits per heavy atom. The lowest BCUT2D eigenvalue weighted by Gasteiger charge is -2.07. The van der Waals surface area contributed by atoms with Gasteiger partial charge in [0.2, 0.25) is 0 Å². The molecule has 0 saturated heterocycles. The van der Waals surface area contributed by atoms with Gasteiger partial charge in [0.25, 0.3) is 0 Å². The summed E-state index contributed by atoms with van der Waals surface area (Å²) in [4.78, 5) is 9.30. The van der Waals surface area contributed by atoms with E-state index in [1.54, 1.807) is 30.5 Å². The van der Waals surface area contributed by atoms with Crippen molar-refractivity contribution in [3.05, 3.63) is 67.1 Å². The number of pyridine rings is 1. The number of nitrogens with zero attached hydrogens (tertiary/aromatic N) is 3. The number of para-hydroxylation sites is 1. The lowest BCUT2D eigenvalue weighted by molar-refractivity contribution is 0.581. The van der Waals surface area contributed by atoms with Crippen LogP contribution in [0.3, 0.4) is 0 Å². The molecule has 0 radical (unpaired) electrons. The average molecular weight is 379 g/mol. The molecule has 0 spiro atoms. The fourth-order valence-electron chi connectivity index (χ4n) is 3.37. The Balaban J connectivity index is 1.39. The summed E-state index contributed by atoms with van der Waals surface area (Å²) in [5, 5.41) is 1.10. The molecule has 2 aromatic carbocycles. The SMILES string of the molecule is O=S(=O)(CCCCCn1cnc2cnc3ccccc3c21)c1ccccc1. The lowest BCUT2D eigenvalue weighted by Crippen LogP contribution is -2.07. The van der Waals surface area contributed by atoms with E-state index in [4.69, 9.17) is 0 Å². The van der Waals surface area contributed by atoms with Crippen molar-refractivity contribution in [3.63, 3.8) is 0 Å². The average Bonchev–Trinajstić information content (AvgIpc) is 3.12. The molecule has 0 amide bonds. The van der Waals surface area contributed by atoms with Gasteiger partial charge in [-0.1, -0.05) is 42.8 Å². The Hall–Kier alpha value is -2.73. The molecule has 0 unspecified atom stereocenters. The van der Waals surface area contributed by atoms with E-state index in [9.17, 15) is 8.42 Å². The van der Waals surface area contributed by atoms with Crippen molar-refractivity contribution in [1.29, 1.82) is 0 Å². The van der Waals surface area contributed by atoms with Crippen LogP contribution >= 0.6 is 0 Å². The quantitative estimate of drug-likeness (QED) is 0.451. The van der Waals surface area contributed by atoms with Gasteiger partial charge < -0.3 is 4.57 Å². The van der Waals surface area contributed by atoms with Gasteiger partial charge in [0.1, 0.15) is 5.52 Å². The molecule has 0 fully saturated rings. The zero-order valence-electron chi connectivity index (χ0n) is 15.0. The predicted molar refractivity (Wildman–Crippen MR) is 107 cm³/mol. The second-order valence-electron chi connectivity index (χ2n) is 6.64. The number of fused-ring (bicyclic) bond motifs is 3. The molecule has 2 aromatic heterocycles. The Morgan fingerprint density at radius 2 is 1.59 bits per heavy atom. The van der Waals surface area contributed by atoms with Crippen molar-refractivity contribution in [2.75, 3.05) is 5.75 Å². The molecule has 0 aliphatic rings. The van der Waals surface area contributed by atoms with Gasteiger partial charge in [0, 0.05) is 11.9 Å². The normalized spacial score (nSPS) is 12.0. The van der Waals surface area contributed by atoms with Crippen LogP contribution in [0.1, 0.15) is 19.3 Å². The van der Waals surface area contributed by atoms with Gasteiger partial charge in [0.15, 0.2) is 9.84 Å². The lowest BCUT2D eigenvalue weighted by atomic mass is 10.2. The van der Waals surface area contributed by atoms with E-state index in [0.717, 1.165) is 41.3 Å². The molecule has 0 atom stereocenters. The van der Waals surface area contributed by atoms with Crippen molar-refractivity contribution in [2.45, 2.75) is 30.7 Å². The molecule has 0 N–H and O–H groups in total. The summed E-state index contributed by atoms with van der Waals surface area (Å²) >= 11 is 0. The predicted octanol–water partition coefficient (Wildman–Crippen LogP) is 4.23. The number of hydrogen-bond donors (Lipinski definition) is 0. The molecule has 0 bridgehead atoms. The molecule has 0 aliphatic carbocycles. The summed E-state index contributed by atoms with van der Waals surface area (Å²) in [6.07, 6.45) is 6.08. The molecular formula is C21H21N3O2S. The highest BCUT2D eigenvalue weighted by Crippen LogP contribution is 2.23. The summed E-state index contributed by atoms with van der Waals surface area (Å²) < 4.78 is 26.8. The third kappa shape index (κ3) is 3.71. The van der Waals surface area contributed by atoms with Crippen LogP contribution < -0.4 is 0 Å². The maximum absolute atomic E-state index is 12.3. The number of hydrogen-bond acceptors (Lipinski definition) is 4. The van der Waals surface area contributed by atoms with Crippen molar-refractivity contribution in [1.82, 2.24) is 14.5 Å². The van der Waals surface area contributed by atoms with Gasteiger partial charge in [-0.2, -0.15) is 0 Å².